The molecule has 1 N–H and O–H groups in total. The topological polar surface area (TPSA) is 41.3 Å². The summed E-state index contributed by atoms with van der Waals surface area (Å²) in [6, 6.07) is 3.88. The van der Waals surface area contributed by atoms with Crippen LogP contribution >= 0.6 is 11.3 Å². The van der Waals surface area contributed by atoms with E-state index < -0.39 is 0 Å². The van der Waals surface area contributed by atoms with Gasteiger partial charge in [0, 0.05) is 18.5 Å². The molecule has 0 saturated carbocycles. The molecule has 1 saturated heterocycles. The Morgan fingerprint density at radius 1 is 1.43 bits per heavy atom. The van der Waals surface area contributed by atoms with Crippen molar-refractivity contribution >= 4 is 11.3 Å². The molecule has 1 fully saturated rings. The van der Waals surface area contributed by atoms with Crippen LogP contribution in [0.25, 0.3) is 10.8 Å². The Labute approximate surface area is 130 Å². The van der Waals surface area contributed by atoms with E-state index in [4.69, 9.17) is 9.40 Å². The highest BCUT2D eigenvalue weighted by atomic mass is 32.1. The Bertz CT molecular complexity index is 531. The quantitative estimate of drug-likeness (QED) is 0.889. The van der Waals surface area contributed by atoms with Gasteiger partial charge in [-0.1, -0.05) is 6.92 Å². The van der Waals surface area contributed by atoms with Crippen LogP contribution in [0.15, 0.2) is 28.2 Å². The van der Waals surface area contributed by atoms with Crippen LogP contribution < -0.4 is 5.32 Å². The first-order valence-electron chi connectivity index (χ1n) is 7.76. The van der Waals surface area contributed by atoms with Crippen LogP contribution in [0.3, 0.4) is 0 Å². The number of thiazole rings is 1. The summed E-state index contributed by atoms with van der Waals surface area (Å²) in [7, 11) is 0. The highest BCUT2D eigenvalue weighted by molar-refractivity contribution is 7.13. The first-order chi connectivity index (χ1) is 10.3. The fraction of sp³-hybridized carbons (Fsp3) is 0.562. The van der Waals surface area contributed by atoms with E-state index >= 15 is 0 Å². The zero-order chi connectivity index (χ0) is 14.5. The predicted molar refractivity (Wildman–Crippen MR) is 86.4 cm³/mol. The van der Waals surface area contributed by atoms with Crippen LogP contribution in [0.2, 0.25) is 0 Å². The average molecular weight is 305 g/mol. The molecule has 0 radical (unpaired) electrons. The van der Waals surface area contributed by atoms with Gasteiger partial charge in [0.05, 0.1) is 12.0 Å². The van der Waals surface area contributed by atoms with Gasteiger partial charge in [-0.3, -0.25) is 4.90 Å². The number of hydrogen-bond donors (Lipinski definition) is 1. The number of rotatable bonds is 6. The van der Waals surface area contributed by atoms with E-state index in [1.165, 1.54) is 32.5 Å². The summed E-state index contributed by atoms with van der Waals surface area (Å²) < 4.78 is 5.41. The summed E-state index contributed by atoms with van der Waals surface area (Å²) in [5.41, 5.74) is 1.15. The zero-order valence-corrected chi connectivity index (χ0v) is 13.4. The molecule has 114 valence electrons. The lowest BCUT2D eigenvalue weighted by atomic mass is 9.97. The summed E-state index contributed by atoms with van der Waals surface area (Å²) >= 11 is 1.66. The van der Waals surface area contributed by atoms with Crippen molar-refractivity contribution in [1.82, 2.24) is 15.2 Å². The Hall–Kier alpha value is -1.17. The number of nitrogens with zero attached hydrogens (tertiary/aromatic N) is 2. The van der Waals surface area contributed by atoms with Crippen molar-refractivity contribution < 1.29 is 4.42 Å². The van der Waals surface area contributed by atoms with Gasteiger partial charge in [-0.25, -0.2) is 4.98 Å². The Morgan fingerprint density at radius 2 is 2.29 bits per heavy atom. The number of furan rings is 1. The third-order valence-electron chi connectivity index (χ3n) is 4.09. The Balaban J connectivity index is 1.58. The fourth-order valence-corrected chi connectivity index (χ4v) is 3.63. The van der Waals surface area contributed by atoms with Crippen LogP contribution in [-0.4, -0.2) is 36.1 Å². The molecule has 5 heteroatoms. The highest BCUT2D eigenvalue weighted by Gasteiger charge is 2.17. The summed E-state index contributed by atoms with van der Waals surface area (Å²) in [5.74, 6) is 1.70. The van der Waals surface area contributed by atoms with E-state index in [0.29, 0.717) is 0 Å². The second-order valence-electron chi connectivity index (χ2n) is 5.64. The largest absolute Gasteiger partial charge is 0.462 e. The molecule has 0 spiro atoms. The maximum absolute atomic E-state index is 5.41. The Morgan fingerprint density at radius 3 is 3.00 bits per heavy atom. The minimum atomic E-state index is 0.828. The number of nitrogens with one attached hydrogen (secondary N) is 1. The number of aromatic nitrogens is 1. The molecule has 4 nitrogen and oxygen atoms in total. The lowest BCUT2D eigenvalue weighted by Crippen LogP contribution is -2.35. The van der Waals surface area contributed by atoms with Crippen molar-refractivity contribution in [3.8, 4) is 10.8 Å². The third kappa shape index (κ3) is 3.93. The normalized spacial score (nSPS) is 16.7. The monoisotopic (exact) mass is 305 g/mol. The second-order valence-corrected chi connectivity index (χ2v) is 6.50. The molecule has 1 aliphatic heterocycles. The second kappa shape index (κ2) is 7.20. The summed E-state index contributed by atoms with van der Waals surface area (Å²) in [5, 5.41) is 6.57. The van der Waals surface area contributed by atoms with Crippen LogP contribution in [0, 0.1) is 5.92 Å². The van der Waals surface area contributed by atoms with Crippen molar-refractivity contribution in [2.75, 3.05) is 26.2 Å². The van der Waals surface area contributed by atoms with Crippen molar-refractivity contribution in [2.45, 2.75) is 26.3 Å². The molecular formula is C16H23N3OS. The van der Waals surface area contributed by atoms with Gasteiger partial charge in [-0.2, -0.15) is 0 Å². The van der Waals surface area contributed by atoms with Gasteiger partial charge in [-0.15, -0.1) is 11.3 Å². The molecule has 0 amide bonds. The van der Waals surface area contributed by atoms with Gasteiger partial charge in [-0.05, 0) is 50.5 Å². The summed E-state index contributed by atoms with van der Waals surface area (Å²) in [6.45, 7) is 7.78. The predicted octanol–water partition coefficient (Wildman–Crippen LogP) is 3.22. The van der Waals surface area contributed by atoms with E-state index in [9.17, 15) is 0 Å². The van der Waals surface area contributed by atoms with Crippen molar-refractivity contribution in [2.24, 2.45) is 5.92 Å². The molecule has 0 atom stereocenters. The molecule has 1 aliphatic rings. The maximum Gasteiger partial charge on any atom is 0.162 e. The zero-order valence-electron chi connectivity index (χ0n) is 12.5. The van der Waals surface area contributed by atoms with Crippen molar-refractivity contribution in [3.63, 3.8) is 0 Å². The summed E-state index contributed by atoms with van der Waals surface area (Å²) in [4.78, 5) is 7.22. The van der Waals surface area contributed by atoms with Crippen LogP contribution in [0.5, 0.6) is 0 Å². The molecule has 21 heavy (non-hydrogen) atoms. The molecule has 0 aliphatic carbocycles. The molecule has 2 aromatic rings. The van der Waals surface area contributed by atoms with Gasteiger partial charge >= 0.3 is 0 Å². The molecule has 3 rings (SSSR count). The van der Waals surface area contributed by atoms with Gasteiger partial charge in [0.15, 0.2) is 10.8 Å². The van der Waals surface area contributed by atoms with Crippen LogP contribution in [-0.2, 0) is 6.54 Å². The van der Waals surface area contributed by atoms with E-state index in [-0.39, 0.29) is 0 Å². The molecule has 0 bridgehead atoms. The maximum atomic E-state index is 5.41. The average Bonchev–Trinajstić information content (AvgIpc) is 3.18. The third-order valence-corrected chi connectivity index (χ3v) is 5.00. The lowest BCUT2D eigenvalue weighted by molar-refractivity contribution is 0.205. The summed E-state index contributed by atoms with van der Waals surface area (Å²) in [6.07, 6.45) is 4.29. The minimum absolute atomic E-state index is 0.828. The standard InChI is InChI=1S/C16H23N3OS/c1-2-19(10-13-5-7-17-8-6-13)11-14-12-21-16(18-14)15-4-3-9-20-15/h3-4,9,12-13,17H,2,5-8,10-11H2,1H3. The molecule has 0 unspecified atom stereocenters. The fourth-order valence-electron chi connectivity index (χ4n) is 2.86. The SMILES string of the molecule is CCN(Cc1csc(-c2ccco2)n1)CC1CCNCC1. The first kappa shape index (κ1) is 14.8. The number of hydrogen-bond acceptors (Lipinski definition) is 5. The van der Waals surface area contributed by atoms with Gasteiger partial charge in [0.25, 0.3) is 0 Å². The van der Waals surface area contributed by atoms with Crippen molar-refractivity contribution in [1.29, 1.82) is 0 Å². The van der Waals surface area contributed by atoms with Crippen LogP contribution in [0.1, 0.15) is 25.5 Å². The highest BCUT2D eigenvalue weighted by Crippen LogP contribution is 2.25. The molecule has 3 heterocycles. The molecule has 2 aromatic heterocycles. The van der Waals surface area contributed by atoms with E-state index in [1.54, 1.807) is 17.6 Å². The number of piperidine rings is 1. The molecular weight excluding hydrogens is 282 g/mol. The smallest absolute Gasteiger partial charge is 0.162 e. The van der Waals surface area contributed by atoms with E-state index in [2.05, 4.69) is 22.5 Å². The minimum Gasteiger partial charge on any atom is -0.462 e. The van der Waals surface area contributed by atoms with Gasteiger partial charge in [0.2, 0.25) is 0 Å². The first-order valence-corrected chi connectivity index (χ1v) is 8.64. The van der Waals surface area contributed by atoms with Crippen LogP contribution in [0.4, 0.5) is 0 Å². The van der Waals surface area contributed by atoms with Crippen molar-refractivity contribution in [3.05, 3.63) is 29.5 Å². The Kier molecular flexibility index (Phi) is 5.06. The van der Waals surface area contributed by atoms with Gasteiger partial charge in [0.1, 0.15) is 0 Å². The lowest BCUT2D eigenvalue weighted by Gasteiger charge is -2.28. The van der Waals surface area contributed by atoms with Gasteiger partial charge < -0.3 is 9.73 Å². The van der Waals surface area contributed by atoms with E-state index in [1.807, 2.05) is 12.1 Å². The molecule has 0 aromatic carbocycles. The van der Waals surface area contributed by atoms with E-state index in [0.717, 1.165) is 35.5 Å².